The Morgan fingerprint density at radius 2 is 1.70 bits per heavy atom. The molecule has 0 saturated heterocycles. The van der Waals surface area contributed by atoms with E-state index in [-0.39, 0.29) is 5.56 Å². The maximum Gasteiger partial charge on any atom is 0.261 e. The fourth-order valence-corrected chi connectivity index (χ4v) is 3.66. The molecule has 0 saturated carbocycles. The van der Waals surface area contributed by atoms with E-state index >= 15 is 0 Å². The van der Waals surface area contributed by atoms with Gasteiger partial charge in [-0.1, -0.05) is 48.5 Å². The molecule has 0 bridgehead atoms. The summed E-state index contributed by atoms with van der Waals surface area (Å²) < 4.78 is 12.6. The van der Waals surface area contributed by atoms with Gasteiger partial charge in [-0.05, 0) is 42.7 Å². The van der Waals surface area contributed by atoms with Crippen LogP contribution in [0.2, 0.25) is 0 Å². The van der Waals surface area contributed by atoms with E-state index < -0.39 is 0 Å². The molecular weight excluding hydrogens is 376 g/mol. The van der Waals surface area contributed by atoms with Gasteiger partial charge in [0, 0.05) is 12.1 Å². The molecule has 5 heteroatoms. The summed E-state index contributed by atoms with van der Waals surface area (Å²) in [5.74, 6) is 1.92. The van der Waals surface area contributed by atoms with E-state index in [1.165, 1.54) is 5.56 Å². The number of methoxy groups -OCH3 is 2. The van der Waals surface area contributed by atoms with Crippen molar-refractivity contribution in [1.82, 2.24) is 9.55 Å². The van der Waals surface area contributed by atoms with Crippen molar-refractivity contribution < 1.29 is 9.47 Å². The van der Waals surface area contributed by atoms with Crippen molar-refractivity contribution >= 4 is 10.9 Å². The zero-order chi connectivity index (χ0) is 20.9. The van der Waals surface area contributed by atoms with Gasteiger partial charge in [0.25, 0.3) is 5.56 Å². The number of aryl methyl sites for hydroxylation is 1. The number of nitrogens with zero attached hydrogens (tertiary/aromatic N) is 2. The molecule has 0 atom stereocenters. The minimum absolute atomic E-state index is 0.0650. The van der Waals surface area contributed by atoms with E-state index in [2.05, 4.69) is 12.1 Å². The molecule has 1 heterocycles. The van der Waals surface area contributed by atoms with Crippen LogP contribution in [-0.2, 0) is 13.0 Å². The lowest BCUT2D eigenvalue weighted by Gasteiger charge is -2.15. The van der Waals surface area contributed by atoms with Crippen molar-refractivity contribution in [2.24, 2.45) is 0 Å². The van der Waals surface area contributed by atoms with Crippen molar-refractivity contribution in [2.75, 3.05) is 14.2 Å². The third-order valence-corrected chi connectivity index (χ3v) is 5.19. The molecule has 0 N–H and O–H groups in total. The summed E-state index contributed by atoms with van der Waals surface area (Å²) in [6, 6.07) is 23.4. The molecule has 30 heavy (non-hydrogen) atoms. The van der Waals surface area contributed by atoms with Gasteiger partial charge >= 0.3 is 0 Å². The van der Waals surface area contributed by atoms with Crippen molar-refractivity contribution in [3.63, 3.8) is 0 Å². The van der Waals surface area contributed by atoms with Crippen LogP contribution in [0, 0.1) is 0 Å². The highest BCUT2D eigenvalue weighted by molar-refractivity contribution is 5.85. The standard InChI is InChI=1S/C25H24N2O3/c1-29-20-13-6-12-19(17-20)24-26-23-21(14-7-15-22(23)30-2)25(28)27(24)16-8-11-18-9-4-3-5-10-18/h3-7,9-10,12-15,17H,8,11,16H2,1-2H3. The summed E-state index contributed by atoms with van der Waals surface area (Å²) in [6.07, 6.45) is 1.72. The number of aromatic nitrogens is 2. The van der Waals surface area contributed by atoms with E-state index in [1.54, 1.807) is 24.9 Å². The maximum absolute atomic E-state index is 13.4. The second-order valence-electron chi connectivity index (χ2n) is 7.07. The Labute approximate surface area is 175 Å². The average molecular weight is 400 g/mol. The van der Waals surface area contributed by atoms with Crippen LogP contribution in [0.3, 0.4) is 0 Å². The molecule has 3 aromatic carbocycles. The first-order chi connectivity index (χ1) is 14.7. The van der Waals surface area contributed by atoms with Gasteiger partial charge in [0.05, 0.1) is 19.6 Å². The Balaban J connectivity index is 1.81. The van der Waals surface area contributed by atoms with Gasteiger partial charge in [-0.15, -0.1) is 0 Å². The molecule has 0 aliphatic rings. The van der Waals surface area contributed by atoms with Crippen LogP contribution in [0.25, 0.3) is 22.3 Å². The number of ether oxygens (including phenoxy) is 2. The minimum atomic E-state index is -0.0650. The monoisotopic (exact) mass is 400 g/mol. The Morgan fingerprint density at radius 3 is 2.47 bits per heavy atom. The summed E-state index contributed by atoms with van der Waals surface area (Å²) in [6.45, 7) is 0.570. The van der Waals surface area contributed by atoms with Crippen LogP contribution >= 0.6 is 0 Å². The van der Waals surface area contributed by atoms with Gasteiger partial charge in [0.2, 0.25) is 0 Å². The molecule has 152 valence electrons. The third-order valence-electron chi connectivity index (χ3n) is 5.19. The molecule has 4 rings (SSSR count). The van der Waals surface area contributed by atoms with Gasteiger partial charge in [0.15, 0.2) is 0 Å². The summed E-state index contributed by atoms with van der Waals surface area (Å²) >= 11 is 0. The van der Waals surface area contributed by atoms with Gasteiger partial charge in [-0.3, -0.25) is 9.36 Å². The number of rotatable bonds is 7. The van der Waals surface area contributed by atoms with Crippen molar-refractivity contribution in [3.8, 4) is 22.9 Å². The van der Waals surface area contributed by atoms with Crippen LogP contribution in [0.15, 0.2) is 77.6 Å². The topological polar surface area (TPSA) is 53.4 Å². The molecule has 0 radical (unpaired) electrons. The Bertz CT molecular complexity index is 1220. The summed E-state index contributed by atoms with van der Waals surface area (Å²) in [5.41, 5.74) is 2.59. The quantitative estimate of drug-likeness (QED) is 0.451. The van der Waals surface area contributed by atoms with E-state index in [0.29, 0.717) is 29.0 Å². The van der Waals surface area contributed by atoms with Crippen molar-refractivity contribution in [3.05, 3.63) is 88.7 Å². The molecule has 0 amide bonds. The lowest BCUT2D eigenvalue weighted by Crippen LogP contribution is -2.24. The predicted octanol–water partition coefficient (Wildman–Crippen LogP) is 4.71. The lowest BCUT2D eigenvalue weighted by molar-refractivity contribution is 0.415. The highest BCUT2D eigenvalue weighted by Gasteiger charge is 2.16. The first-order valence-electron chi connectivity index (χ1n) is 9.97. The molecule has 4 aromatic rings. The summed E-state index contributed by atoms with van der Waals surface area (Å²) in [5, 5.41) is 0.556. The smallest absolute Gasteiger partial charge is 0.261 e. The van der Waals surface area contributed by atoms with E-state index in [4.69, 9.17) is 14.5 Å². The molecule has 0 aliphatic carbocycles. The van der Waals surface area contributed by atoms with Crippen LogP contribution in [0.4, 0.5) is 0 Å². The third kappa shape index (κ3) is 3.92. The molecule has 0 aliphatic heterocycles. The fourth-order valence-electron chi connectivity index (χ4n) is 3.66. The van der Waals surface area contributed by atoms with E-state index in [1.807, 2.05) is 54.6 Å². The molecule has 5 nitrogen and oxygen atoms in total. The second kappa shape index (κ2) is 8.82. The van der Waals surface area contributed by atoms with Gasteiger partial charge in [-0.25, -0.2) is 4.98 Å². The van der Waals surface area contributed by atoms with Gasteiger partial charge in [0.1, 0.15) is 22.8 Å². The fraction of sp³-hybridized carbons (Fsp3) is 0.200. The minimum Gasteiger partial charge on any atom is -0.497 e. The van der Waals surface area contributed by atoms with Crippen molar-refractivity contribution in [1.29, 1.82) is 0 Å². The Kier molecular flexibility index (Phi) is 5.80. The molecule has 0 spiro atoms. The van der Waals surface area contributed by atoms with E-state index in [0.717, 1.165) is 24.2 Å². The highest BCUT2D eigenvalue weighted by atomic mass is 16.5. The zero-order valence-electron chi connectivity index (χ0n) is 17.2. The Hall–Kier alpha value is -3.60. The summed E-state index contributed by atoms with van der Waals surface area (Å²) in [7, 11) is 3.22. The van der Waals surface area contributed by atoms with Crippen molar-refractivity contribution in [2.45, 2.75) is 19.4 Å². The van der Waals surface area contributed by atoms with Crippen LogP contribution in [0.5, 0.6) is 11.5 Å². The maximum atomic E-state index is 13.4. The largest absolute Gasteiger partial charge is 0.497 e. The lowest BCUT2D eigenvalue weighted by atomic mass is 10.1. The van der Waals surface area contributed by atoms with Gasteiger partial charge in [-0.2, -0.15) is 0 Å². The second-order valence-corrected chi connectivity index (χ2v) is 7.07. The van der Waals surface area contributed by atoms with Crippen LogP contribution < -0.4 is 15.0 Å². The Morgan fingerprint density at radius 1 is 0.900 bits per heavy atom. The van der Waals surface area contributed by atoms with Gasteiger partial charge < -0.3 is 9.47 Å². The first kappa shape index (κ1) is 19.7. The zero-order valence-corrected chi connectivity index (χ0v) is 17.2. The molecule has 1 aromatic heterocycles. The number of fused-ring (bicyclic) bond motifs is 1. The molecule has 0 fully saturated rings. The average Bonchev–Trinajstić information content (AvgIpc) is 2.80. The molecular formula is C25H24N2O3. The van der Waals surface area contributed by atoms with Crippen LogP contribution in [0.1, 0.15) is 12.0 Å². The summed E-state index contributed by atoms with van der Waals surface area (Å²) in [4.78, 5) is 18.3. The predicted molar refractivity (Wildman–Crippen MR) is 119 cm³/mol. The number of hydrogen-bond donors (Lipinski definition) is 0. The van der Waals surface area contributed by atoms with E-state index in [9.17, 15) is 4.79 Å². The first-order valence-corrected chi connectivity index (χ1v) is 9.97. The van der Waals surface area contributed by atoms with Crippen LogP contribution in [-0.4, -0.2) is 23.8 Å². The number of para-hydroxylation sites is 1. The number of hydrogen-bond acceptors (Lipinski definition) is 4. The normalized spacial score (nSPS) is 10.9. The SMILES string of the molecule is COc1cccc(-c2nc3c(OC)cccc3c(=O)n2CCCc2ccccc2)c1. The highest BCUT2D eigenvalue weighted by Crippen LogP contribution is 2.27. The molecule has 0 unspecified atom stereocenters. The number of benzene rings is 3.